The SMILES string of the molecule is C=N[N+]#N. The molecule has 0 aliphatic heterocycles. The zero-order valence-corrected chi connectivity index (χ0v) is 2.05. The highest BCUT2D eigenvalue weighted by Crippen LogP contribution is 1.49. The zero-order chi connectivity index (χ0) is 3.41. The van der Waals surface area contributed by atoms with Crippen LogP contribution in [0.25, 0.3) is 5.08 Å². The smallest absolute Gasteiger partial charge is 0.0814 e. The molecule has 0 bridgehead atoms. The third-order valence-corrected chi connectivity index (χ3v) is 0.0632. The lowest BCUT2D eigenvalue weighted by Gasteiger charge is -1.10. The van der Waals surface area contributed by atoms with Gasteiger partial charge in [-0.1, -0.05) is 0 Å². The molecule has 0 radical (unpaired) electrons. The summed E-state index contributed by atoms with van der Waals surface area (Å²) in [4.78, 5) is 0. The average molecular weight is 56.0 g/mol. The van der Waals surface area contributed by atoms with Crippen LogP contribution in [0.2, 0.25) is 0 Å². The van der Waals surface area contributed by atoms with Crippen molar-refractivity contribution in [2.75, 3.05) is 0 Å². The van der Waals surface area contributed by atoms with Crippen LogP contribution in [-0.4, -0.2) is 6.72 Å². The normalized spacial score (nSPS) is 3.75. The number of diazo groups is 1. The second kappa shape index (κ2) is 2.09. The Bertz CT molecular complexity index is 48.8. The second-order valence-electron chi connectivity index (χ2n) is 0.231. The Kier molecular flexibility index (Phi) is 1.61. The van der Waals surface area contributed by atoms with Gasteiger partial charge in [0.2, 0.25) is 0 Å². The predicted molar refractivity (Wildman–Crippen MR) is 14.6 cm³/mol. The van der Waals surface area contributed by atoms with Gasteiger partial charge < -0.3 is 0 Å². The Balaban J connectivity index is 2.92. The molecule has 0 aromatic carbocycles. The molecule has 3 nitrogen and oxygen atoms in total. The second-order valence-corrected chi connectivity index (χ2v) is 0.231. The van der Waals surface area contributed by atoms with Crippen LogP contribution in [0.5, 0.6) is 0 Å². The van der Waals surface area contributed by atoms with Crippen molar-refractivity contribution in [3.8, 4) is 0 Å². The van der Waals surface area contributed by atoms with Crippen LogP contribution >= 0.6 is 0 Å². The van der Waals surface area contributed by atoms with Crippen molar-refractivity contribution in [1.29, 1.82) is 5.39 Å². The fraction of sp³-hybridized carbons (Fsp3) is 0. The minimum absolute atomic E-state index is 2.25. The van der Waals surface area contributed by atoms with Crippen LogP contribution in [0.4, 0.5) is 0 Å². The van der Waals surface area contributed by atoms with Crippen LogP contribution in [0, 0.1) is 5.39 Å². The van der Waals surface area contributed by atoms with E-state index in [-0.39, 0.29) is 0 Å². The highest BCUT2D eigenvalue weighted by Gasteiger charge is 1.55. The van der Waals surface area contributed by atoms with Crippen molar-refractivity contribution in [3.63, 3.8) is 0 Å². The molecular formula is CH2N3+. The summed E-state index contributed by atoms with van der Waals surface area (Å²) in [5.41, 5.74) is 0. The van der Waals surface area contributed by atoms with E-state index in [2.05, 4.69) is 16.9 Å². The van der Waals surface area contributed by atoms with Crippen LogP contribution < -0.4 is 0 Å². The van der Waals surface area contributed by atoms with E-state index in [1.54, 1.807) is 0 Å². The monoisotopic (exact) mass is 56.0 g/mol. The van der Waals surface area contributed by atoms with Gasteiger partial charge in [-0.05, 0) is 0 Å². The first-order chi connectivity index (χ1) is 1.91. The molecule has 0 N–H and O–H groups in total. The summed E-state index contributed by atoms with van der Waals surface area (Å²) in [5.74, 6) is 0. The maximum absolute atomic E-state index is 7.27. The molecule has 0 aliphatic rings. The van der Waals surface area contributed by atoms with Crippen molar-refractivity contribution in [3.05, 3.63) is 5.08 Å². The predicted octanol–water partition coefficient (Wildman–Crippen LogP) is 0.455. The van der Waals surface area contributed by atoms with E-state index < -0.39 is 0 Å². The molecule has 0 aromatic rings. The largest absolute Gasteiger partial charge is 0.338 e. The molecule has 0 heterocycles. The van der Waals surface area contributed by atoms with Gasteiger partial charge in [0.1, 0.15) is 0 Å². The summed E-state index contributed by atoms with van der Waals surface area (Å²) < 4.78 is 0. The molecule has 0 aromatic heterocycles. The van der Waals surface area contributed by atoms with Crippen LogP contribution in [0.3, 0.4) is 0 Å². The van der Waals surface area contributed by atoms with Crippen molar-refractivity contribution in [1.82, 2.24) is 0 Å². The third-order valence-electron chi connectivity index (χ3n) is 0.0632. The molecule has 0 spiro atoms. The lowest BCUT2D eigenvalue weighted by atomic mass is 11.7. The van der Waals surface area contributed by atoms with Crippen LogP contribution in [-0.2, 0) is 0 Å². The standard InChI is InChI=1S/CH2N3/c1-3-4-2/h1H2/q+1. The Labute approximate surface area is 23.6 Å². The van der Waals surface area contributed by atoms with Crippen molar-refractivity contribution in [2.45, 2.75) is 0 Å². The molecule has 4 heavy (non-hydrogen) atoms. The first-order valence-electron chi connectivity index (χ1n) is 0.716. The molecule has 0 rings (SSSR count). The Morgan fingerprint density at radius 3 is 2.25 bits per heavy atom. The summed E-state index contributed by atoms with van der Waals surface area (Å²) in [6.45, 7) is 2.81. The number of hydrogen-bond donors (Lipinski definition) is 0. The molecule has 0 atom stereocenters. The van der Waals surface area contributed by atoms with Gasteiger partial charge in [-0.15, -0.1) is 0 Å². The number of nitrogens with zero attached hydrogens (tertiary/aromatic N) is 3. The summed E-state index contributed by atoms with van der Waals surface area (Å²) in [6.07, 6.45) is 0. The average Bonchev–Trinajstić information content (AvgIpc) is 1.37. The lowest BCUT2D eigenvalue weighted by molar-refractivity contribution is 1.36. The van der Waals surface area contributed by atoms with E-state index >= 15 is 0 Å². The molecule has 3 heteroatoms. The minimum atomic E-state index is 2.25. The van der Waals surface area contributed by atoms with Crippen molar-refractivity contribution in [2.24, 2.45) is 5.10 Å². The van der Waals surface area contributed by atoms with E-state index in [4.69, 9.17) is 5.39 Å². The topological polar surface area (TPSA) is 40.5 Å². The van der Waals surface area contributed by atoms with E-state index in [0.29, 0.717) is 0 Å². The Morgan fingerprint density at radius 2 is 2.25 bits per heavy atom. The van der Waals surface area contributed by atoms with E-state index in [1.165, 1.54) is 0 Å². The maximum Gasteiger partial charge on any atom is 0.338 e. The molecule has 0 saturated carbocycles. The molecule has 0 saturated heterocycles. The Hall–Kier alpha value is -0.910. The van der Waals surface area contributed by atoms with Gasteiger partial charge in [0.15, 0.2) is 5.10 Å². The maximum atomic E-state index is 7.27. The van der Waals surface area contributed by atoms with E-state index in [0.717, 1.165) is 0 Å². The summed E-state index contributed by atoms with van der Waals surface area (Å²) in [5, 5.41) is 12.2. The molecule has 0 unspecified atom stereocenters. The molecule has 0 aliphatic carbocycles. The van der Waals surface area contributed by atoms with Gasteiger partial charge in [0, 0.05) is 0 Å². The van der Waals surface area contributed by atoms with Crippen molar-refractivity contribution < 1.29 is 0 Å². The van der Waals surface area contributed by atoms with E-state index in [9.17, 15) is 0 Å². The van der Waals surface area contributed by atoms with Gasteiger partial charge in [-0.25, -0.2) is 0 Å². The first kappa shape index (κ1) is 3.09. The van der Waals surface area contributed by atoms with Gasteiger partial charge in [-0.2, -0.15) is 0 Å². The molecule has 0 fully saturated rings. The highest BCUT2D eigenvalue weighted by atomic mass is 15.2. The van der Waals surface area contributed by atoms with Gasteiger partial charge >= 0.3 is 5.08 Å². The summed E-state index contributed by atoms with van der Waals surface area (Å²) >= 11 is 0. The van der Waals surface area contributed by atoms with E-state index in [1.807, 2.05) is 0 Å². The van der Waals surface area contributed by atoms with Gasteiger partial charge in [0.05, 0.1) is 6.72 Å². The fourth-order valence-electron chi connectivity index (χ4n) is 0. The highest BCUT2D eigenvalue weighted by molar-refractivity contribution is 5.23. The third kappa shape index (κ3) is 1.09. The number of rotatable bonds is 0. The van der Waals surface area contributed by atoms with Crippen LogP contribution in [0.15, 0.2) is 5.10 Å². The fourth-order valence-corrected chi connectivity index (χ4v) is 0. The van der Waals surface area contributed by atoms with Crippen molar-refractivity contribution >= 4 is 6.72 Å². The summed E-state index contributed by atoms with van der Waals surface area (Å²) in [6, 6.07) is 0. The minimum Gasteiger partial charge on any atom is 0.0814 e. The zero-order valence-electron chi connectivity index (χ0n) is 2.05. The summed E-state index contributed by atoms with van der Waals surface area (Å²) in [7, 11) is 0. The van der Waals surface area contributed by atoms with Gasteiger partial charge in [0.25, 0.3) is 5.39 Å². The number of hydrogen-bond acceptors (Lipinski definition) is 2. The van der Waals surface area contributed by atoms with Crippen LogP contribution in [0.1, 0.15) is 0 Å². The molecule has 20 valence electrons. The van der Waals surface area contributed by atoms with Gasteiger partial charge in [-0.3, -0.25) is 0 Å². The lowest BCUT2D eigenvalue weighted by Crippen LogP contribution is -1.19. The molecular weight excluding hydrogens is 54.0 g/mol. The quantitative estimate of drug-likeness (QED) is 0.226. The molecule has 0 amide bonds. The Morgan fingerprint density at radius 1 is 2.00 bits per heavy atom. The first-order valence-corrected chi connectivity index (χ1v) is 0.716.